The van der Waals surface area contributed by atoms with E-state index in [1.165, 1.54) is 24.8 Å². The summed E-state index contributed by atoms with van der Waals surface area (Å²) in [7, 11) is 0. The molecular formula is C15H24ClN. The summed E-state index contributed by atoms with van der Waals surface area (Å²) < 4.78 is 0. The van der Waals surface area contributed by atoms with Crippen molar-refractivity contribution in [1.29, 1.82) is 0 Å². The number of hydrogen-bond donors (Lipinski definition) is 1. The fourth-order valence-electron chi connectivity index (χ4n) is 1.91. The molecule has 0 saturated heterocycles. The van der Waals surface area contributed by atoms with Crippen molar-refractivity contribution in [2.24, 2.45) is 5.92 Å². The van der Waals surface area contributed by atoms with Crippen molar-refractivity contribution in [3.8, 4) is 0 Å². The number of nitrogens with one attached hydrogen (secondary N) is 1. The fraction of sp³-hybridized carbons (Fsp3) is 0.600. The van der Waals surface area contributed by atoms with Crippen molar-refractivity contribution < 1.29 is 0 Å². The van der Waals surface area contributed by atoms with Crippen molar-refractivity contribution in [2.75, 3.05) is 0 Å². The Kier molecular flexibility index (Phi) is 6.61. The average Bonchev–Trinajstić information content (AvgIpc) is 2.36. The summed E-state index contributed by atoms with van der Waals surface area (Å²) in [6.07, 6.45) is 3.72. The standard InChI is InChI=1S/C15H24ClN/c1-4-12(3)10-15(5-2)17-11-13-6-8-14(16)9-7-13/h6-9,12,15,17H,4-5,10-11H2,1-3H3. The highest BCUT2D eigenvalue weighted by Gasteiger charge is 2.09. The number of halogens is 1. The molecule has 0 aliphatic heterocycles. The number of hydrogen-bond acceptors (Lipinski definition) is 1. The summed E-state index contributed by atoms with van der Waals surface area (Å²) in [5.74, 6) is 0.803. The molecule has 0 heterocycles. The molecule has 0 amide bonds. The van der Waals surface area contributed by atoms with Crippen LogP contribution in [0.3, 0.4) is 0 Å². The Morgan fingerprint density at radius 1 is 1.12 bits per heavy atom. The van der Waals surface area contributed by atoms with Gasteiger partial charge in [-0.3, -0.25) is 0 Å². The zero-order valence-electron chi connectivity index (χ0n) is 11.2. The van der Waals surface area contributed by atoms with Crippen molar-refractivity contribution in [3.05, 3.63) is 34.9 Å². The lowest BCUT2D eigenvalue weighted by atomic mass is 9.97. The van der Waals surface area contributed by atoms with Gasteiger partial charge in [0.05, 0.1) is 0 Å². The van der Waals surface area contributed by atoms with Gasteiger partial charge in [0.25, 0.3) is 0 Å². The summed E-state index contributed by atoms with van der Waals surface area (Å²) in [5.41, 5.74) is 1.30. The van der Waals surface area contributed by atoms with E-state index in [-0.39, 0.29) is 0 Å². The first-order valence-electron chi connectivity index (χ1n) is 6.63. The van der Waals surface area contributed by atoms with Gasteiger partial charge in [0, 0.05) is 17.6 Å². The van der Waals surface area contributed by atoms with Gasteiger partial charge in [-0.1, -0.05) is 50.9 Å². The van der Waals surface area contributed by atoms with E-state index in [2.05, 4.69) is 38.2 Å². The van der Waals surface area contributed by atoms with Crippen molar-refractivity contribution >= 4 is 11.6 Å². The summed E-state index contributed by atoms with van der Waals surface area (Å²) in [5, 5.41) is 4.43. The highest BCUT2D eigenvalue weighted by Crippen LogP contribution is 2.13. The van der Waals surface area contributed by atoms with Crippen LogP contribution in [0.15, 0.2) is 24.3 Å². The topological polar surface area (TPSA) is 12.0 Å². The van der Waals surface area contributed by atoms with Crippen LogP contribution in [0.1, 0.15) is 45.6 Å². The summed E-state index contributed by atoms with van der Waals surface area (Å²) in [6, 6.07) is 8.71. The Morgan fingerprint density at radius 2 is 1.76 bits per heavy atom. The molecule has 0 fully saturated rings. The van der Waals surface area contributed by atoms with Crippen LogP contribution >= 0.6 is 11.6 Å². The Morgan fingerprint density at radius 3 is 2.29 bits per heavy atom. The van der Waals surface area contributed by atoms with Crippen molar-refractivity contribution in [3.63, 3.8) is 0 Å². The summed E-state index contributed by atoms with van der Waals surface area (Å²) in [4.78, 5) is 0. The first kappa shape index (κ1) is 14.5. The van der Waals surface area contributed by atoms with Crippen LogP contribution in [0.25, 0.3) is 0 Å². The molecule has 1 nitrogen and oxygen atoms in total. The van der Waals surface area contributed by atoms with Crippen molar-refractivity contribution in [1.82, 2.24) is 5.32 Å². The first-order valence-corrected chi connectivity index (χ1v) is 7.01. The molecule has 0 saturated carbocycles. The molecule has 1 rings (SSSR count). The third kappa shape index (κ3) is 5.56. The van der Waals surface area contributed by atoms with Crippen LogP contribution in [-0.2, 0) is 6.54 Å². The smallest absolute Gasteiger partial charge is 0.0406 e. The van der Waals surface area contributed by atoms with Gasteiger partial charge in [-0.05, 0) is 36.5 Å². The highest BCUT2D eigenvalue weighted by atomic mass is 35.5. The van der Waals surface area contributed by atoms with Crippen LogP contribution in [-0.4, -0.2) is 6.04 Å². The molecule has 0 aliphatic carbocycles. The summed E-state index contributed by atoms with van der Waals surface area (Å²) in [6.45, 7) is 7.78. The molecule has 1 aromatic carbocycles. The molecule has 0 spiro atoms. The quantitative estimate of drug-likeness (QED) is 0.746. The van der Waals surface area contributed by atoms with E-state index < -0.39 is 0 Å². The highest BCUT2D eigenvalue weighted by molar-refractivity contribution is 6.30. The lowest BCUT2D eigenvalue weighted by molar-refractivity contribution is 0.384. The minimum Gasteiger partial charge on any atom is -0.310 e. The SMILES string of the molecule is CCC(C)CC(CC)NCc1ccc(Cl)cc1. The van der Waals surface area contributed by atoms with Crippen LogP contribution < -0.4 is 5.32 Å². The normalized spacial score (nSPS) is 14.6. The van der Waals surface area contributed by atoms with E-state index in [9.17, 15) is 0 Å². The molecule has 17 heavy (non-hydrogen) atoms. The molecule has 0 aromatic heterocycles. The molecule has 2 unspecified atom stereocenters. The second-order valence-corrected chi connectivity index (χ2v) is 5.30. The molecular weight excluding hydrogens is 230 g/mol. The summed E-state index contributed by atoms with van der Waals surface area (Å²) >= 11 is 5.87. The molecule has 1 N–H and O–H groups in total. The Hall–Kier alpha value is -0.530. The second-order valence-electron chi connectivity index (χ2n) is 4.86. The third-order valence-corrected chi connectivity index (χ3v) is 3.64. The molecule has 0 radical (unpaired) electrons. The molecule has 0 bridgehead atoms. The van der Waals surface area contributed by atoms with Crippen molar-refractivity contribution in [2.45, 2.75) is 52.6 Å². The zero-order valence-corrected chi connectivity index (χ0v) is 11.9. The lowest BCUT2D eigenvalue weighted by Gasteiger charge is -2.20. The Balaban J connectivity index is 2.39. The van der Waals surface area contributed by atoms with Gasteiger partial charge in [-0.15, -0.1) is 0 Å². The van der Waals surface area contributed by atoms with Gasteiger partial charge in [-0.25, -0.2) is 0 Å². The van der Waals surface area contributed by atoms with Gasteiger partial charge >= 0.3 is 0 Å². The van der Waals surface area contributed by atoms with E-state index in [4.69, 9.17) is 11.6 Å². The van der Waals surface area contributed by atoms with E-state index in [0.717, 1.165) is 17.5 Å². The number of rotatable bonds is 7. The van der Waals surface area contributed by atoms with Crippen LogP contribution in [0.4, 0.5) is 0 Å². The van der Waals surface area contributed by atoms with E-state index in [1.54, 1.807) is 0 Å². The first-order chi connectivity index (χ1) is 8.15. The van der Waals surface area contributed by atoms with Gasteiger partial charge in [-0.2, -0.15) is 0 Å². The van der Waals surface area contributed by atoms with Gasteiger partial charge < -0.3 is 5.32 Å². The van der Waals surface area contributed by atoms with Gasteiger partial charge in [0.1, 0.15) is 0 Å². The minimum atomic E-state index is 0.626. The Bertz CT molecular complexity index is 307. The maximum absolute atomic E-state index is 5.87. The van der Waals surface area contributed by atoms with Gasteiger partial charge in [0.2, 0.25) is 0 Å². The molecule has 96 valence electrons. The van der Waals surface area contributed by atoms with Crippen LogP contribution in [0, 0.1) is 5.92 Å². The molecule has 2 heteroatoms. The maximum Gasteiger partial charge on any atom is 0.0406 e. The van der Waals surface area contributed by atoms with Crippen LogP contribution in [0.5, 0.6) is 0 Å². The third-order valence-electron chi connectivity index (χ3n) is 3.38. The van der Waals surface area contributed by atoms with Gasteiger partial charge in [0.15, 0.2) is 0 Å². The lowest BCUT2D eigenvalue weighted by Crippen LogP contribution is -2.29. The minimum absolute atomic E-state index is 0.626. The van der Waals surface area contributed by atoms with E-state index in [0.29, 0.717) is 6.04 Å². The second kappa shape index (κ2) is 7.73. The largest absolute Gasteiger partial charge is 0.310 e. The average molecular weight is 254 g/mol. The zero-order chi connectivity index (χ0) is 12.7. The van der Waals surface area contributed by atoms with E-state index in [1.807, 2.05) is 12.1 Å². The number of benzene rings is 1. The van der Waals surface area contributed by atoms with E-state index >= 15 is 0 Å². The molecule has 0 aliphatic rings. The Labute approximate surface area is 111 Å². The predicted molar refractivity (Wildman–Crippen MR) is 76.4 cm³/mol. The monoisotopic (exact) mass is 253 g/mol. The molecule has 1 aromatic rings. The maximum atomic E-state index is 5.87. The predicted octanol–water partition coefficient (Wildman–Crippen LogP) is 4.64. The fourth-order valence-corrected chi connectivity index (χ4v) is 2.04. The van der Waals surface area contributed by atoms with Crippen LogP contribution in [0.2, 0.25) is 5.02 Å². The molecule has 2 atom stereocenters.